The first kappa shape index (κ1) is 16.8. The third-order valence-electron chi connectivity index (χ3n) is 2.66. The van der Waals surface area contributed by atoms with Crippen molar-refractivity contribution >= 4 is 32.0 Å². The van der Waals surface area contributed by atoms with Crippen molar-refractivity contribution in [2.45, 2.75) is 10.6 Å². The van der Waals surface area contributed by atoms with E-state index >= 15 is 0 Å². The Balaban J connectivity index is 2.87. The Labute approximate surface area is 122 Å². The maximum atomic E-state index is 12.2. The first-order valence-electron chi connectivity index (χ1n) is 5.81. The summed E-state index contributed by atoms with van der Waals surface area (Å²) in [5.41, 5.74) is 5.10. The summed E-state index contributed by atoms with van der Waals surface area (Å²) >= 11 is 0.714. The number of nitrogens with zero attached hydrogens (tertiary/aromatic N) is 3. The largest absolute Gasteiger partial charge is 0.385 e. The highest BCUT2D eigenvalue weighted by Gasteiger charge is 2.27. The summed E-state index contributed by atoms with van der Waals surface area (Å²) in [6.07, 6.45) is 0.672. The number of hydrogen-bond acceptors (Lipinski definition) is 7. The Kier molecular flexibility index (Phi) is 5.45. The molecule has 0 unspecified atom stereocenters. The lowest BCUT2D eigenvalue weighted by Gasteiger charge is -2.17. The zero-order valence-corrected chi connectivity index (χ0v) is 13.2. The van der Waals surface area contributed by atoms with Crippen LogP contribution in [-0.4, -0.2) is 56.8 Å². The number of anilines is 1. The maximum absolute atomic E-state index is 12.2. The summed E-state index contributed by atoms with van der Waals surface area (Å²) < 4.78 is 25.6. The van der Waals surface area contributed by atoms with Crippen molar-refractivity contribution in [3.63, 3.8) is 0 Å². The number of nitro groups is 1. The van der Waals surface area contributed by atoms with Gasteiger partial charge >= 0.3 is 5.69 Å². The number of hydrogen-bond donors (Lipinski definition) is 1. The lowest BCUT2D eigenvalue weighted by molar-refractivity contribution is -0.383. The van der Waals surface area contributed by atoms with Crippen molar-refractivity contribution in [3.8, 4) is 0 Å². The topological polar surface area (TPSA) is 110 Å². The molecule has 0 aliphatic heterocycles. The minimum absolute atomic E-state index is 0.102. The standard InChI is InChI=1S/C10H18N4O4S2/c1-12(2)5-4-6-13(3)20(17,18)9-7-8(14(15)16)10(11)19-9/h7H,4-6,11H2,1-3H3. The van der Waals surface area contributed by atoms with Crippen LogP contribution in [0.1, 0.15) is 6.42 Å². The van der Waals surface area contributed by atoms with Gasteiger partial charge in [0, 0.05) is 19.7 Å². The first-order valence-corrected chi connectivity index (χ1v) is 8.06. The fourth-order valence-corrected chi connectivity index (χ4v) is 4.16. The summed E-state index contributed by atoms with van der Waals surface area (Å²) in [5, 5.41) is 10.6. The Bertz CT molecular complexity index is 582. The molecular weight excluding hydrogens is 304 g/mol. The van der Waals surface area contributed by atoms with Crippen LogP contribution in [0.5, 0.6) is 0 Å². The van der Waals surface area contributed by atoms with Crippen molar-refractivity contribution in [1.82, 2.24) is 9.21 Å². The molecular formula is C10H18N4O4S2. The first-order chi connectivity index (χ1) is 9.16. The summed E-state index contributed by atoms with van der Waals surface area (Å²) in [7, 11) is 1.53. The molecule has 0 saturated heterocycles. The van der Waals surface area contributed by atoms with E-state index in [9.17, 15) is 18.5 Å². The highest BCUT2D eigenvalue weighted by atomic mass is 32.2. The average molecular weight is 322 g/mol. The normalized spacial score (nSPS) is 12.2. The lowest BCUT2D eigenvalue weighted by Crippen LogP contribution is -2.29. The zero-order chi connectivity index (χ0) is 15.5. The minimum atomic E-state index is -3.72. The molecule has 1 aromatic heterocycles. The van der Waals surface area contributed by atoms with Gasteiger partial charge in [-0.05, 0) is 27.1 Å². The zero-order valence-electron chi connectivity index (χ0n) is 11.6. The smallest absolute Gasteiger partial charge is 0.304 e. The van der Waals surface area contributed by atoms with E-state index in [-0.39, 0.29) is 14.9 Å². The molecule has 114 valence electrons. The molecule has 0 saturated carbocycles. The monoisotopic (exact) mass is 322 g/mol. The summed E-state index contributed by atoms with van der Waals surface area (Å²) in [6, 6.07) is 1.01. The van der Waals surface area contributed by atoms with Crippen molar-refractivity contribution in [2.24, 2.45) is 0 Å². The molecule has 0 bridgehead atoms. The Morgan fingerprint density at radius 2 is 1.95 bits per heavy atom. The number of rotatable bonds is 7. The second kappa shape index (κ2) is 6.48. The number of nitrogens with two attached hydrogens (primary N) is 1. The molecule has 0 fully saturated rings. The molecule has 1 heterocycles. The Morgan fingerprint density at radius 3 is 2.40 bits per heavy atom. The van der Waals surface area contributed by atoms with Gasteiger partial charge in [-0.2, -0.15) is 0 Å². The van der Waals surface area contributed by atoms with Crippen LogP contribution in [-0.2, 0) is 10.0 Å². The van der Waals surface area contributed by atoms with E-state index in [1.807, 2.05) is 19.0 Å². The van der Waals surface area contributed by atoms with E-state index in [0.29, 0.717) is 24.3 Å². The van der Waals surface area contributed by atoms with E-state index < -0.39 is 14.9 Å². The second-order valence-electron chi connectivity index (χ2n) is 4.56. The highest BCUT2D eigenvalue weighted by molar-refractivity contribution is 7.91. The minimum Gasteiger partial charge on any atom is -0.385 e. The summed E-state index contributed by atoms with van der Waals surface area (Å²) in [6.45, 7) is 1.10. The fourth-order valence-electron chi connectivity index (χ4n) is 1.53. The van der Waals surface area contributed by atoms with Crippen molar-refractivity contribution in [1.29, 1.82) is 0 Å². The Hall–Kier alpha value is -1.23. The SMILES string of the molecule is CN(C)CCCN(C)S(=O)(=O)c1cc([N+](=O)[O-])c(N)s1. The highest BCUT2D eigenvalue weighted by Crippen LogP contribution is 2.35. The third-order valence-corrected chi connectivity index (χ3v) is 5.92. The van der Waals surface area contributed by atoms with Crippen LogP contribution in [0.4, 0.5) is 10.7 Å². The van der Waals surface area contributed by atoms with Crippen molar-refractivity contribution < 1.29 is 13.3 Å². The quantitative estimate of drug-likeness (QED) is 0.587. The fraction of sp³-hybridized carbons (Fsp3) is 0.600. The van der Waals surface area contributed by atoms with Crippen LogP contribution in [0, 0.1) is 10.1 Å². The van der Waals surface area contributed by atoms with Gasteiger partial charge in [0.05, 0.1) is 4.92 Å². The average Bonchev–Trinajstić information content (AvgIpc) is 2.71. The second-order valence-corrected chi connectivity index (χ2v) is 7.91. The van der Waals surface area contributed by atoms with Crippen molar-refractivity contribution in [2.75, 3.05) is 40.0 Å². The number of nitrogen functional groups attached to an aromatic ring is 1. The third kappa shape index (κ3) is 3.88. The predicted molar refractivity (Wildman–Crippen MR) is 78.4 cm³/mol. The summed E-state index contributed by atoms with van der Waals surface area (Å²) in [4.78, 5) is 12.0. The molecule has 0 amide bonds. The van der Waals surface area contributed by atoms with E-state index in [0.717, 1.165) is 12.6 Å². The van der Waals surface area contributed by atoms with Gasteiger partial charge in [0.1, 0.15) is 4.21 Å². The molecule has 0 aliphatic carbocycles. The molecule has 0 aliphatic rings. The van der Waals surface area contributed by atoms with Crippen LogP contribution in [0.15, 0.2) is 10.3 Å². The van der Waals surface area contributed by atoms with E-state index in [1.54, 1.807) is 0 Å². The molecule has 0 aromatic carbocycles. The maximum Gasteiger partial charge on any atom is 0.304 e. The number of thiophene rings is 1. The predicted octanol–water partition coefficient (Wildman–Crippen LogP) is 0.811. The molecule has 1 rings (SSSR count). The lowest BCUT2D eigenvalue weighted by atomic mass is 10.4. The van der Waals surface area contributed by atoms with Crippen molar-refractivity contribution in [3.05, 3.63) is 16.2 Å². The number of sulfonamides is 1. The van der Waals surface area contributed by atoms with Gasteiger partial charge in [0.15, 0.2) is 5.00 Å². The van der Waals surface area contributed by atoms with E-state index in [2.05, 4.69) is 0 Å². The van der Waals surface area contributed by atoms with Crippen LogP contribution in [0.3, 0.4) is 0 Å². The van der Waals surface area contributed by atoms with Gasteiger partial charge in [-0.1, -0.05) is 11.3 Å². The van der Waals surface area contributed by atoms with Gasteiger partial charge in [-0.25, -0.2) is 12.7 Å². The van der Waals surface area contributed by atoms with E-state index in [4.69, 9.17) is 5.73 Å². The van der Waals surface area contributed by atoms with Crippen LogP contribution in [0.25, 0.3) is 0 Å². The van der Waals surface area contributed by atoms with Gasteiger partial charge in [0.2, 0.25) is 0 Å². The van der Waals surface area contributed by atoms with Crippen LogP contribution in [0.2, 0.25) is 0 Å². The molecule has 0 spiro atoms. The van der Waals surface area contributed by atoms with Gasteiger partial charge in [-0.3, -0.25) is 10.1 Å². The van der Waals surface area contributed by atoms with Gasteiger partial charge in [-0.15, -0.1) is 0 Å². The molecule has 1 aromatic rings. The summed E-state index contributed by atoms with van der Waals surface area (Å²) in [5.74, 6) is 0. The molecule has 0 radical (unpaired) electrons. The molecule has 0 atom stereocenters. The Morgan fingerprint density at radius 1 is 1.35 bits per heavy atom. The molecule has 20 heavy (non-hydrogen) atoms. The van der Waals surface area contributed by atoms with E-state index in [1.165, 1.54) is 11.4 Å². The van der Waals surface area contributed by atoms with Crippen LogP contribution < -0.4 is 5.73 Å². The molecule has 8 nitrogen and oxygen atoms in total. The van der Waals surface area contributed by atoms with Gasteiger partial charge < -0.3 is 10.6 Å². The molecule has 10 heteroatoms. The van der Waals surface area contributed by atoms with Crippen LogP contribution >= 0.6 is 11.3 Å². The van der Waals surface area contributed by atoms with Gasteiger partial charge in [0.25, 0.3) is 10.0 Å². The molecule has 2 N–H and O–H groups in total.